The SMILES string of the molecule is CC1CCNC(CC#N)C(=O)N1Cc1cccnc1. The molecule has 0 aromatic carbocycles. The second-order valence-electron chi connectivity index (χ2n) is 4.83. The van der Waals surface area contributed by atoms with Gasteiger partial charge in [-0.2, -0.15) is 5.26 Å². The molecule has 1 aromatic rings. The summed E-state index contributed by atoms with van der Waals surface area (Å²) in [5.74, 6) is 0.00963. The fourth-order valence-electron chi connectivity index (χ4n) is 2.30. The molecule has 1 N–H and O–H groups in total. The molecular weight excluding hydrogens is 240 g/mol. The van der Waals surface area contributed by atoms with E-state index >= 15 is 0 Å². The van der Waals surface area contributed by atoms with Gasteiger partial charge in [-0.3, -0.25) is 9.78 Å². The van der Waals surface area contributed by atoms with Crippen LogP contribution >= 0.6 is 0 Å². The molecule has 5 heteroatoms. The lowest BCUT2D eigenvalue weighted by Crippen LogP contribution is -2.45. The van der Waals surface area contributed by atoms with E-state index in [0.29, 0.717) is 6.54 Å². The van der Waals surface area contributed by atoms with Crippen LogP contribution < -0.4 is 5.32 Å². The fourth-order valence-corrected chi connectivity index (χ4v) is 2.30. The maximum atomic E-state index is 12.4. The smallest absolute Gasteiger partial charge is 0.241 e. The van der Waals surface area contributed by atoms with Crippen LogP contribution in [0.15, 0.2) is 24.5 Å². The van der Waals surface area contributed by atoms with Crippen LogP contribution in [0.3, 0.4) is 0 Å². The first-order chi connectivity index (χ1) is 9.22. The lowest BCUT2D eigenvalue weighted by molar-refractivity contribution is -0.135. The van der Waals surface area contributed by atoms with Crippen molar-refractivity contribution in [3.8, 4) is 6.07 Å². The van der Waals surface area contributed by atoms with Gasteiger partial charge in [-0.25, -0.2) is 0 Å². The Morgan fingerprint density at radius 1 is 1.63 bits per heavy atom. The van der Waals surface area contributed by atoms with Gasteiger partial charge in [0.1, 0.15) is 0 Å². The summed E-state index contributed by atoms with van der Waals surface area (Å²) in [5.41, 5.74) is 1.01. The molecule has 0 aliphatic carbocycles. The first-order valence-electron chi connectivity index (χ1n) is 6.52. The van der Waals surface area contributed by atoms with Crippen molar-refractivity contribution < 1.29 is 4.79 Å². The molecule has 0 saturated carbocycles. The number of amides is 1. The summed E-state index contributed by atoms with van der Waals surface area (Å²) in [6.07, 6.45) is 4.61. The number of nitrogens with one attached hydrogen (secondary N) is 1. The van der Waals surface area contributed by atoms with E-state index in [0.717, 1.165) is 18.5 Å². The minimum absolute atomic E-state index is 0.00963. The first-order valence-corrected chi connectivity index (χ1v) is 6.52. The van der Waals surface area contributed by atoms with Gasteiger partial charge in [-0.15, -0.1) is 0 Å². The highest BCUT2D eigenvalue weighted by atomic mass is 16.2. The summed E-state index contributed by atoms with van der Waals surface area (Å²) in [5, 5.41) is 11.9. The van der Waals surface area contributed by atoms with Gasteiger partial charge in [0.15, 0.2) is 0 Å². The molecular formula is C14H18N4O. The van der Waals surface area contributed by atoms with E-state index in [1.54, 1.807) is 12.4 Å². The number of carbonyl (C=O) groups is 1. The quantitative estimate of drug-likeness (QED) is 0.880. The zero-order valence-corrected chi connectivity index (χ0v) is 11.0. The van der Waals surface area contributed by atoms with E-state index < -0.39 is 0 Å². The fraction of sp³-hybridized carbons (Fsp3) is 0.500. The van der Waals surface area contributed by atoms with Crippen LogP contribution in [0.1, 0.15) is 25.3 Å². The molecule has 1 aromatic heterocycles. The Morgan fingerprint density at radius 3 is 3.16 bits per heavy atom. The Balaban J connectivity index is 2.15. The minimum atomic E-state index is -0.383. The summed E-state index contributed by atoms with van der Waals surface area (Å²) in [4.78, 5) is 18.4. The molecule has 1 aliphatic rings. The molecule has 2 atom stereocenters. The highest BCUT2D eigenvalue weighted by Crippen LogP contribution is 2.15. The normalized spacial score (nSPS) is 23.8. The molecule has 1 amide bonds. The Hall–Kier alpha value is -1.93. The maximum Gasteiger partial charge on any atom is 0.241 e. The number of nitrogens with zero attached hydrogens (tertiary/aromatic N) is 3. The number of hydrogen-bond donors (Lipinski definition) is 1. The van der Waals surface area contributed by atoms with E-state index in [2.05, 4.69) is 16.4 Å². The van der Waals surface area contributed by atoms with Crippen LogP contribution in [0.25, 0.3) is 0 Å². The lowest BCUT2D eigenvalue weighted by Gasteiger charge is -2.28. The summed E-state index contributed by atoms with van der Waals surface area (Å²) in [6.45, 7) is 3.37. The van der Waals surface area contributed by atoms with Crippen molar-refractivity contribution in [2.45, 2.75) is 38.4 Å². The minimum Gasteiger partial charge on any atom is -0.334 e. The summed E-state index contributed by atoms with van der Waals surface area (Å²) < 4.78 is 0. The second-order valence-corrected chi connectivity index (χ2v) is 4.83. The van der Waals surface area contributed by atoms with Gasteiger partial charge < -0.3 is 10.2 Å². The molecule has 0 radical (unpaired) electrons. The van der Waals surface area contributed by atoms with Crippen LogP contribution in [0, 0.1) is 11.3 Å². The second kappa shape index (κ2) is 6.30. The van der Waals surface area contributed by atoms with Gasteiger partial charge in [0.05, 0.1) is 18.5 Å². The molecule has 1 fully saturated rings. The topological polar surface area (TPSA) is 69.0 Å². The van der Waals surface area contributed by atoms with Crippen molar-refractivity contribution in [2.24, 2.45) is 0 Å². The van der Waals surface area contributed by atoms with Crippen molar-refractivity contribution in [2.75, 3.05) is 6.54 Å². The van der Waals surface area contributed by atoms with Crippen molar-refractivity contribution in [1.29, 1.82) is 5.26 Å². The Labute approximate surface area is 113 Å². The zero-order chi connectivity index (χ0) is 13.7. The summed E-state index contributed by atoms with van der Waals surface area (Å²) in [6, 6.07) is 5.69. The van der Waals surface area contributed by atoms with Crippen molar-refractivity contribution in [3.05, 3.63) is 30.1 Å². The van der Waals surface area contributed by atoms with Gasteiger partial charge in [-0.1, -0.05) is 6.07 Å². The Morgan fingerprint density at radius 2 is 2.47 bits per heavy atom. The first kappa shape index (κ1) is 13.5. The van der Waals surface area contributed by atoms with Crippen LogP contribution in [0.4, 0.5) is 0 Å². The van der Waals surface area contributed by atoms with Crippen molar-refractivity contribution in [1.82, 2.24) is 15.2 Å². The van der Waals surface area contributed by atoms with Crippen LogP contribution in [-0.2, 0) is 11.3 Å². The van der Waals surface area contributed by atoms with Crippen molar-refractivity contribution >= 4 is 5.91 Å². The van der Waals surface area contributed by atoms with Gasteiger partial charge in [0, 0.05) is 25.0 Å². The standard InChI is InChI=1S/C14H18N4O/c1-11-5-8-17-13(4-6-15)14(19)18(11)10-12-3-2-7-16-9-12/h2-3,7,9,11,13,17H,4-5,8,10H2,1H3. The average molecular weight is 258 g/mol. The van der Waals surface area contributed by atoms with Crippen LogP contribution in [0.5, 0.6) is 0 Å². The summed E-state index contributed by atoms with van der Waals surface area (Å²) in [7, 11) is 0. The Bertz CT molecular complexity index is 468. The van der Waals surface area contributed by atoms with Crippen LogP contribution in [-0.4, -0.2) is 34.4 Å². The number of hydrogen-bond acceptors (Lipinski definition) is 4. The number of nitriles is 1. The van der Waals surface area contributed by atoms with E-state index in [9.17, 15) is 4.79 Å². The molecule has 1 aliphatic heterocycles. The molecule has 0 bridgehead atoms. The highest BCUT2D eigenvalue weighted by Gasteiger charge is 2.30. The predicted octanol–water partition coefficient (Wildman–Crippen LogP) is 1.07. The van der Waals surface area contributed by atoms with E-state index in [1.807, 2.05) is 24.0 Å². The predicted molar refractivity (Wildman–Crippen MR) is 70.9 cm³/mol. The molecule has 100 valence electrons. The van der Waals surface area contributed by atoms with Gasteiger partial charge in [-0.05, 0) is 31.5 Å². The number of rotatable bonds is 3. The van der Waals surface area contributed by atoms with Crippen LogP contribution in [0.2, 0.25) is 0 Å². The molecule has 2 rings (SSSR count). The number of pyridine rings is 1. The summed E-state index contributed by atoms with van der Waals surface area (Å²) >= 11 is 0. The molecule has 1 saturated heterocycles. The van der Waals surface area contributed by atoms with Gasteiger partial charge in [0.25, 0.3) is 0 Å². The average Bonchev–Trinajstić information content (AvgIpc) is 2.55. The number of aromatic nitrogens is 1. The van der Waals surface area contributed by atoms with Gasteiger partial charge in [0.2, 0.25) is 5.91 Å². The third-order valence-corrected chi connectivity index (χ3v) is 3.44. The van der Waals surface area contributed by atoms with Crippen molar-refractivity contribution in [3.63, 3.8) is 0 Å². The third-order valence-electron chi connectivity index (χ3n) is 3.44. The largest absolute Gasteiger partial charge is 0.334 e. The molecule has 2 unspecified atom stereocenters. The Kier molecular flexibility index (Phi) is 4.48. The molecule has 19 heavy (non-hydrogen) atoms. The van der Waals surface area contributed by atoms with E-state index in [1.165, 1.54) is 0 Å². The third kappa shape index (κ3) is 3.30. The molecule has 0 spiro atoms. The molecule has 5 nitrogen and oxygen atoms in total. The zero-order valence-electron chi connectivity index (χ0n) is 11.0. The highest BCUT2D eigenvalue weighted by molar-refractivity contribution is 5.82. The van der Waals surface area contributed by atoms with E-state index in [-0.39, 0.29) is 24.4 Å². The number of carbonyl (C=O) groups excluding carboxylic acids is 1. The van der Waals surface area contributed by atoms with E-state index in [4.69, 9.17) is 5.26 Å². The monoisotopic (exact) mass is 258 g/mol. The maximum absolute atomic E-state index is 12.4. The molecule has 2 heterocycles. The lowest BCUT2D eigenvalue weighted by atomic mass is 10.1. The van der Waals surface area contributed by atoms with Gasteiger partial charge >= 0.3 is 0 Å².